The zero-order valence-electron chi connectivity index (χ0n) is 16.1. The first-order chi connectivity index (χ1) is 14.1. The maximum absolute atomic E-state index is 13.2. The minimum atomic E-state index is -0.529. The lowest BCUT2D eigenvalue weighted by molar-refractivity contribution is 0.0592. The lowest BCUT2D eigenvalue weighted by Crippen LogP contribution is -2.40. The van der Waals surface area contributed by atoms with E-state index in [2.05, 4.69) is 15.1 Å². The van der Waals surface area contributed by atoms with Crippen molar-refractivity contribution in [1.82, 2.24) is 24.9 Å². The summed E-state index contributed by atoms with van der Waals surface area (Å²) in [5, 5.41) is 3.88. The number of pyridine rings is 1. The van der Waals surface area contributed by atoms with Gasteiger partial charge in [-0.3, -0.25) is 14.6 Å². The Bertz CT molecular complexity index is 990. The SMILES string of the molecule is Cc1noc(C2CN(C(=O)c3ccccc3)CCCN2C(=O)c2cccnc2)n1. The molecule has 8 heteroatoms. The molecule has 0 N–H and O–H groups in total. The predicted octanol–water partition coefficient (Wildman–Crippen LogP) is 2.50. The number of carbonyl (C=O) groups is 2. The Morgan fingerprint density at radius 1 is 1.03 bits per heavy atom. The molecule has 1 unspecified atom stereocenters. The number of benzene rings is 1. The van der Waals surface area contributed by atoms with Gasteiger partial charge in [0.05, 0.1) is 12.1 Å². The smallest absolute Gasteiger partial charge is 0.256 e. The number of rotatable bonds is 3. The van der Waals surface area contributed by atoms with E-state index in [-0.39, 0.29) is 18.4 Å². The monoisotopic (exact) mass is 391 g/mol. The second-order valence-electron chi connectivity index (χ2n) is 6.91. The molecule has 3 aromatic rings. The molecule has 8 nitrogen and oxygen atoms in total. The average molecular weight is 391 g/mol. The van der Waals surface area contributed by atoms with Crippen molar-refractivity contribution in [3.63, 3.8) is 0 Å². The van der Waals surface area contributed by atoms with E-state index in [0.717, 1.165) is 0 Å². The molecule has 1 atom stereocenters. The third-order valence-corrected chi connectivity index (χ3v) is 4.90. The first kappa shape index (κ1) is 18.8. The fourth-order valence-corrected chi connectivity index (χ4v) is 3.49. The highest BCUT2D eigenvalue weighted by Gasteiger charge is 2.35. The quantitative estimate of drug-likeness (QED) is 0.681. The van der Waals surface area contributed by atoms with E-state index in [4.69, 9.17) is 4.52 Å². The van der Waals surface area contributed by atoms with E-state index >= 15 is 0 Å². The maximum Gasteiger partial charge on any atom is 0.256 e. The third-order valence-electron chi connectivity index (χ3n) is 4.90. The first-order valence-electron chi connectivity index (χ1n) is 9.49. The standard InChI is InChI=1S/C21H21N5O3/c1-15-23-19(29-24-15)18-14-25(20(27)16-7-3-2-4-8-16)11-6-12-26(18)21(28)17-9-5-10-22-13-17/h2-5,7-10,13,18H,6,11-12,14H2,1H3. The van der Waals surface area contributed by atoms with Crippen molar-refractivity contribution in [3.05, 3.63) is 77.7 Å². The molecule has 0 spiro atoms. The van der Waals surface area contributed by atoms with Gasteiger partial charge in [0.25, 0.3) is 17.7 Å². The second-order valence-corrected chi connectivity index (χ2v) is 6.91. The Kier molecular flexibility index (Phi) is 5.33. The Balaban J connectivity index is 1.66. The molecular weight excluding hydrogens is 370 g/mol. The minimum Gasteiger partial charge on any atom is -0.337 e. The second kappa shape index (κ2) is 8.22. The largest absolute Gasteiger partial charge is 0.337 e. The van der Waals surface area contributed by atoms with E-state index < -0.39 is 6.04 Å². The summed E-state index contributed by atoms with van der Waals surface area (Å²) in [5.41, 5.74) is 1.09. The van der Waals surface area contributed by atoms with Gasteiger partial charge >= 0.3 is 0 Å². The van der Waals surface area contributed by atoms with Gasteiger partial charge in [0, 0.05) is 31.0 Å². The molecule has 1 fully saturated rings. The van der Waals surface area contributed by atoms with Gasteiger partial charge in [-0.15, -0.1) is 0 Å². The van der Waals surface area contributed by atoms with E-state index in [1.807, 2.05) is 18.2 Å². The van der Waals surface area contributed by atoms with Crippen LogP contribution in [0, 0.1) is 6.92 Å². The molecule has 0 bridgehead atoms. The number of aryl methyl sites for hydroxylation is 1. The Hall–Kier alpha value is -3.55. The Labute approximate surface area is 168 Å². The molecule has 29 heavy (non-hydrogen) atoms. The van der Waals surface area contributed by atoms with E-state index in [1.165, 1.54) is 6.20 Å². The lowest BCUT2D eigenvalue weighted by atomic mass is 10.1. The number of aromatic nitrogens is 3. The molecule has 4 rings (SSSR count). The van der Waals surface area contributed by atoms with Crippen LogP contribution >= 0.6 is 0 Å². The lowest BCUT2D eigenvalue weighted by Gasteiger charge is -2.29. The van der Waals surface area contributed by atoms with Crippen LogP contribution in [0.3, 0.4) is 0 Å². The van der Waals surface area contributed by atoms with Crippen LogP contribution in [-0.4, -0.2) is 56.4 Å². The van der Waals surface area contributed by atoms with Gasteiger partial charge in [-0.1, -0.05) is 23.4 Å². The first-order valence-corrected chi connectivity index (χ1v) is 9.49. The predicted molar refractivity (Wildman–Crippen MR) is 104 cm³/mol. The van der Waals surface area contributed by atoms with Crippen LogP contribution in [0.4, 0.5) is 0 Å². The summed E-state index contributed by atoms with van der Waals surface area (Å²) < 4.78 is 5.40. The average Bonchev–Trinajstić information content (AvgIpc) is 3.07. The van der Waals surface area contributed by atoms with E-state index in [1.54, 1.807) is 47.2 Å². The van der Waals surface area contributed by atoms with Crippen LogP contribution in [0.25, 0.3) is 0 Å². The van der Waals surface area contributed by atoms with Crippen molar-refractivity contribution in [2.45, 2.75) is 19.4 Å². The highest BCUT2D eigenvalue weighted by Crippen LogP contribution is 2.26. The molecule has 1 saturated heterocycles. The number of hydrogen-bond donors (Lipinski definition) is 0. The molecule has 0 radical (unpaired) electrons. The fraction of sp³-hybridized carbons (Fsp3) is 0.286. The molecule has 1 aliphatic heterocycles. The van der Waals surface area contributed by atoms with Crippen molar-refractivity contribution in [3.8, 4) is 0 Å². The molecular formula is C21H21N5O3. The number of hydrogen-bond acceptors (Lipinski definition) is 6. The molecule has 3 heterocycles. The van der Waals surface area contributed by atoms with Crippen molar-refractivity contribution in [2.75, 3.05) is 19.6 Å². The van der Waals surface area contributed by atoms with Crippen molar-refractivity contribution in [2.24, 2.45) is 0 Å². The van der Waals surface area contributed by atoms with Crippen molar-refractivity contribution < 1.29 is 14.1 Å². The summed E-state index contributed by atoms with van der Waals surface area (Å²) in [6, 6.07) is 12.0. The fourth-order valence-electron chi connectivity index (χ4n) is 3.49. The molecule has 1 aromatic carbocycles. The van der Waals surface area contributed by atoms with Gasteiger partial charge in [-0.05, 0) is 37.6 Å². The summed E-state index contributed by atoms with van der Waals surface area (Å²) in [4.78, 5) is 38.0. The van der Waals surface area contributed by atoms with Crippen molar-refractivity contribution in [1.29, 1.82) is 0 Å². The molecule has 2 amide bonds. The normalized spacial score (nSPS) is 17.1. The molecule has 0 aliphatic carbocycles. The van der Waals surface area contributed by atoms with Crippen LogP contribution in [0.2, 0.25) is 0 Å². The van der Waals surface area contributed by atoms with Crippen LogP contribution in [0.15, 0.2) is 59.4 Å². The van der Waals surface area contributed by atoms with Gasteiger partial charge in [-0.2, -0.15) is 4.98 Å². The Morgan fingerprint density at radius 3 is 2.52 bits per heavy atom. The minimum absolute atomic E-state index is 0.0810. The van der Waals surface area contributed by atoms with Gasteiger partial charge in [0.1, 0.15) is 6.04 Å². The van der Waals surface area contributed by atoms with Crippen LogP contribution in [-0.2, 0) is 0 Å². The number of carbonyl (C=O) groups excluding carboxylic acids is 2. The maximum atomic E-state index is 13.2. The number of amides is 2. The molecule has 148 valence electrons. The summed E-state index contributed by atoms with van der Waals surface area (Å²) in [6.45, 7) is 3.01. The van der Waals surface area contributed by atoms with Crippen LogP contribution in [0.1, 0.15) is 44.9 Å². The van der Waals surface area contributed by atoms with Crippen LogP contribution < -0.4 is 0 Å². The molecule has 0 saturated carbocycles. The van der Waals surface area contributed by atoms with Gasteiger partial charge in [0.2, 0.25) is 0 Å². The van der Waals surface area contributed by atoms with E-state index in [9.17, 15) is 9.59 Å². The van der Waals surface area contributed by atoms with Gasteiger partial charge in [-0.25, -0.2) is 0 Å². The van der Waals surface area contributed by atoms with Gasteiger partial charge in [0.15, 0.2) is 5.82 Å². The highest BCUT2D eigenvalue weighted by molar-refractivity contribution is 5.95. The van der Waals surface area contributed by atoms with Crippen molar-refractivity contribution >= 4 is 11.8 Å². The van der Waals surface area contributed by atoms with E-state index in [0.29, 0.717) is 42.4 Å². The zero-order valence-corrected chi connectivity index (χ0v) is 16.1. The zero-order chi connectivity index (χ0) is 20.2. The summed E-state index contributed by atoms with van der Waals surface area (Å²) in [6.07, 6.45) is 3.81. The summed E-state index contributed by atoms with van der Waals surface area (Å²) in [7, 11) is 0. The molecule has 1 aliphatic rings. The summed E-state index contributed by atoms with van der Waals surface area (Å²) >= 11 is 0. The third kappa shape index (κ3) is 4.01. The molecule has 2 aromatic heterocycles. The Morgan fingerprint density at radius 2 is 1.83 bits per heavy atom. The highest BCUT2D eigenvalue weighted by atomic mass is 16.5. The van der Waals surface area contributed by atoms with Crippen LogP contribution in [0.5, 0.6) is 0 Å². The topological polar surface area (TPSA) is 92.4 Å². The summed E-state index contributed by atoms with van der Waals surface area (Å²) in [5.74, 6) is 0.557. The number of nitrogens with zero attached hydrogens (tertiary/aromatic N) is 5. The van der Waals surface area contributed by atoms with Gasteiger partial charge < -0.3 is 14.3 Å².